The summed E-state index contributed by atoms with van der Waals surface area (Å²) in [5, 5.41) is 4.08. The van der Waals surface area contributed by atoms with E-state index in [1.165, 1.54) is 6.92 Å². The van der Waals surface area contributed by atoms with Crippen molar-refractivity contribution in [3.05, 3.63) is 24.0 Å². The quantitative estimate of drug-likeness (QED) is 0.823. The second-order valence-electron chi connectivity index (χ2n) is 6.85. The van der Waals surface area contributed by atoms with Crippen molar-refractivity contribution < 1.29 is 17.2 Å². The average molecular weight is 350 g/mol. The normalized spacial score (nSPS) is 16.4. The maximum absolute atomic E-state index is 13.0. The largest absolute Gasteiger partial charge is 0.405 e. The number of hydrogen-bond donors (Lipinski definition) is 1. The summed E-state index contributed by atoms with van der Waals surface area (Å²) in [6.07, 6.45) is 1.04. The number of aromatic nitrogens is 2. The standard InChI is InChI=1S/C13H24FN3O3SSi/c1-9(21(15,18)19)11(12-16-7-10(14)8-17-12)20-22(5,6)13(2,3)4/h7-9,11H,1-6H3,(H2,15,18,19)/t9-,11-/m0/s1. The van der Waals surface area contributed by atoms with Gasteiger partial charge in [-0.05, 0) is 25.1 Å². The first-order valence-corrected chi connectivity index (χ1v) is 11.4. The van der Waals surface area contributed by atoms with Gasteiger partial charge in [0.2, 0.25) is 10.0 Å². The van der Waals surface area contributed by atoms with Crippen molar-refractivity contribution in [2.45, 2.75) is 57.2 Å². The molecule has 0 unspecified atom stereocenters. The summed E-state index contributed by atoms with van der Waals surface area (Å²) < 4.78 is 42.6. The Labute approximate surface area is 132 Å². The molecule has 0 radical (unpaired) electrons. The molecule has 6 nitrogen and oxygen atoms in total. The maximum Gasteiger partial charge on any atom is 0.214 e. The van der Waals surface area contributed by atoms with Crippen molar-refractivity contribution in [3.63, 3.8) is 0 Å². The van der Waals surface area contributed by atoms with Gasteiger partial charge >= 0.3 is 0 Å². The Balaban J connectivity index is 3.27. The van der Waals surface area contributed by atoms with Gasteiger partial charge in [0.1, 0.15) is 11.4 Å². The molecule has 0 aromatic carbocycles. The number of halogens is 1. The molecule has 1 aromatic heterocycles. The molecule has 0 aliphatic heterocycles. The van der Waals surface area contributed by atoms with Crippen molar-refractivity contribution in [2.75, 3.05) is 0 Å². The van der Waals surface area contributed by atoms with E-state index < -0.39 is 35.5 Å². The minimum atomic E-state index is -3.85. The van der Waals surface area contributed by atoms with E-state index in [9.17, 15) is 12.8 Å². The zero-order chi connectivity index (χ0) is 17.3. The number of nitrogens with zero attached hydrogens (tertiary/aromatic N) is 2. The van der Waals surface area contributed by atoms with Gasteiger partial charge in [-0.2, -0.15) is 0 Å². The molecule has 0 aliphatic carbocycles. The van der Waals surface area contributed by atoms with Gasteiger partial charge < -0.3 is 4.43 Å². The Morgan fingerprint density at radius 2 is 1.73 bits per heavy atom. The summed E-state index contributed by atoms with van der Waals surface area (Å²) in [4.78, 5) is 7.74. The van der Waals surface area contributed by atoms with Gasteiger partial charge in [-0.15, -0.1) is 0 Å². The van der Waals surface area contributed by atoms with Crippen molar-refractivity contribution in [3.8, 4) is 0 Å². The van der Waals surface area contributed by atoms with Crippen LogP contribution in [-0.2, 0) is 14.4 Å². The molecule has 126 valence electrons. The number of sulfonamides is 1. The third-order valence-corrected chi connectivity index (χ3v) is 9.81. The first-order valence-electron chi connectivity index (χ1n) is 6.92. The Morgan fingerprint density at radius 1 is 1.27 bits per heavy atom. The zero-order valence-electron chi connectivity index (χ0n) is 13.8. The third kappa shape index (κ3) is 4.54. The lowest BCUT2D eigenvalue weighted by molar-refractivity contribution is 0.172. The van der Waals surface area contributed by atoms with Gasteiger partial charge in [0, 0.05) is 0 Å². The highest BCUT2D eigenvalue weighted by molar-refractivity contribution is 7.89. The van der Waals surface area contributed by atoms with Crippen LogP contribution in [0.3, 0.4) is 0 Å². The van der Waals surface area contributed by atoms with Crippen molar-refractivity contribution >= 4 is 18.3 Å². The van der Waals surface area contributed by atoms with Crippen LogP contribution in [0.5, 0.6) is 0 Å². The van der Waals surface area contributed by atoms with E-state index in [0.717, 1.165) is 12.4 Å². The first-order chi connectivity index (χ1) is 9.75. The van der Waals surface area contributed by atoms with Crippen LogP contribution in [0.1, 0.15) is 39.6 Å². The fourth-order valence-corrected chi connectivity index (χ4v) is 3.41. The van der Waals surface area contributed by atoms with Gasteiger partial charge in [0.25, 0.3) is 0 Å². The predicted octanol–water partition coefficient (Wildman–Crippen LogP) is 2.36. The molecule has 22 heavy (non-hydrogen) atoms. The Morgan fingerprint density at radius 3 is 2.09 bits per heavy atom. The summed E-state index contributed by atoms with van der Waals surface area (Å²) in [7, 11) is -6.15. The van der Waals surface area contributed by atoms with Gasteiger partial charge in [-0.3, -0.25) is 0 Å². The molecule has 0 aliphatic rings. The van der Waals surface area contributed by atoms with Gasteiger partial charge in [-0.1, -0.05) is 20.8 Å². The van der Waals surface area contributed by atoms with Crippen molar-refractivity contribution in [1.82, 2.24) is 9.97 Å². The van der Waals surface area contributed by atoms with Gasteiger partial charge in [0.15, 0.2) is 20.0 Å². The lowest BCUT2D eigenvalue weighted by Crippen LogP contribution is -2.46. The highest BCUT2D eigenvalue weighted by Gasteiger charge is 2.43. The van der Waals surface area contributed by atoms with Crippen molar-refractivity contribution in [1.29, 1.82) is 0 Å². The lowest BCUT2D eigenvalue weighted by atomic mass is 10.2. The molecule has 2 atom stereocenters. The molecule has 0 bridgehead atoms. The van der Waals surface area contributed by atoms with Crippen LogP contribution in [0.15, 0.2) is 12.4 Å². The fraction of sp³-hybridized carbons (Fsp3) is 0.692. The number of rotatable bonds is 5. The smallest absolute Gasteiger partial charge is 0.214 e. The third-order valence-electron chi connectivity index (χ3n) is 4.07. The second-order valence-corrected chi connectivity index (χ2v) is 13.5. The molecule has 9 heteroatoms. The van der Waals surface area contributed by atoms with Crippen LogP contribution in [0, 0.1) is 5.82 Å². The second kappa shape index (κ2) is 6.30. The molecule has 0 saturated carbocycles. The molecule has 0 saturated heterocycles. The van der Waals surface area contributed by atoms with E-state index in [1.807, 2.05) is 33.9 Å². The zero-order valence-corrected chi connectivity index (χ0v) is 15.6. The van der Waals surface area contributed by atoms with Crippen LogP contribution in [0.2, 0.25) is 18.1 Å². The molecule has 1 aromatic rings. The van der Waals surface area contributed by atoms with E-state index in [0.29, 0.717) is 0 Å². The van der Waals surface area contributed by atoms with E-state index >= 15 is 0 Å². The lowest BCUT2D eigenvalue weighted by Gasteiger charge is -2.39. The summed E-state index contributed by atoms with van der Waals surface area (Å²) in [5.74, 6) is -0.481. The maximum atomic E-state index is 13.0. The average Bonchev–Trinajstić information content (AvgIpc) is 2.34. The Bertz CT molecular complexity index is 614. The number of hydrogen-bond acceptors (Lipinski definition) is 5. The van der Waals surface area contributed by atoms with Crippen LogP contribution < -0.4 is 5.14 Å². The first kappa shape index (κ1) is 19.1. The number of primary sulfonamides is 1. The molecule has 1 heterocycles. The van der Waals surface area contributed by atoms with Gasteiger partial charge in [-0.25, -0.2) is 27.9 Å². The van der Waals surface area contributed by atoms with E-state index in [4.69, 9.17) is 9.56 Å². The molecular weight excluding hydrogens is 325 g/mol. The van der Waals surface area contributed by atoms with Crippen LogP contribution in [-0.4, -0.2) is 32.0 Å². The minimum absolute atomic E-state index is 0.118. The van der Waals surface area contributed by atoms with E-state index in [1.54, 1.807) is 0 Å². The topological polar surface area (TPSA) is 95.2 Å². The minimum Gasteiger partial charge on any atom is -0.405 e. The summed E-state index contributed by atoms with van der Waals surface area (Å²) in [6.45, 7) is 11.5. The summed E-state index contributed by atoms with van der Waals surface area (Å²) in [5.41, 5.74) is 0. The molecule has 2 N–H and O–H groups in total. The van der Waals surface area contributed by atoms with Gasteiger partial charge in [0.05, 0.1) is 12.4 Å². The SMILES string of the molecule is C[C@@H]([C@H](O[Si](C)(C)C(C)(C)C)c1ncc(F)cn1)S(N)(=O)=O. The molecule has 0 amide bonds. The van der Waals surface area contributed by atoms with E-state index in [-0.39, 0.29) is 10.9 Å². The summed E-state index contributed by atoms with van der Waals surface area (Å²) >= 11 is 0. The van der Waals surface area contributed by atoms with Crippen molar-refractivity contribution in [2.24, 2.45) is 5.14 Å². The van der Waals surface area contributed by atoms with E-state index in [2.05, 4.69) is 9.97 Å². The van der Waals surface area contributed by atoms with Crippen LogP contribution >= 0.6 is 0 Å². The predicted molar refractivity (Wildman–Crippen MR) is 85.6 cm³/mol. The molecular formula is C13H24FN3O3SSi. The summed E-state index contributed by atoms with van der Waals surface area (Å²) in [6, 6.07) is 0. The van der Waals surface area contributed by atoms with Crippen LogP contribution in [0.4, 0.5) is 4.39 Å². The van der Waals surface area contributed by atoms with Crippen LogP contribution in [0.25, 0.3) is 0 Å². The molecule has 0 fully saturated rings. The molecule has 1 rings (SSSR count). The monoisotopic (exact) mass is 349 g/mol. The Kier molecular flexibility index (Phi) is 5.49. The highest BCUT2D eigenvalue weighted by Crippen LogP contribution is 2.40. The molecule has 0 spiro atoms. The Hall–Kier alpha value is -0.903. The highest BCUT2D eigenvalue weighted by atomic mass is 32.2. The fourth-order valence-electron chi connectivity index (χ4n) is 1.49. The number of nitrogens with two attached hydrogens (primary N) is 1.